The van der Waals surface area contributed by atoms with Crippen LogP contribution in [0.1, 0.15) is 5.82 Å². The highest BCUT2D eigenvalue weighted by molar-refractivity contribution is 14.1. The molecule has 0 atom stereocenters. The molecule has 0 fully saturated rings. The van der Waals surface area contributed by atoms with Crippen LogP contribution >= 0.6 is 22.6 Å². The van der Waals surface area contributed by atoms with Crippen LogP contribution in [0.4, 0.5) is 0 Å². The van der Waals surface area contributed by atoms with Gasteiger partial charge in [-0.1, -0.05) is 0 Å². The third-order valence-corrected chi connectivity index (χ3v) is 2.19. The van der Waals surface area contributed by atoms with E-state index in [2.05, 4.69) is 37.7 Å². The number of hydrogen-bond donors (Lipinski definition) is 0. The Hall–Kier alpha value is -0.980. The molecule has 0 radical (unpaired) electrons. The molecule has 0 N–H and O–H groups in total. The van der Waals surface area contributed by atoms with E-state index in [4.69, 9.17) is 0 Å². The molecule has 0 saturated heterocycles. The molecular formula is C8H7IN4. The molecule has 0 saturated carbocycles. The van der Waals surface area contributed by atoms with Crippen molar-refractivity contribution in [3.05, 3.63) is 34.1 Å². The SMILES string of the molecule is Cc1ncn(-c2ccc(I)cn2)n1. The highest BCUT2D eigenvalue weighted by Gasteiger charge is 1.99. The van der Waals surface area contributed by atoms with Crippen LogP contribution in [0.5, 0.6) is 0 Å². The van der Waals surface area contributed by atoms with Gasteiger partial charge in [0, 0.05) is 9.77 Å². The van der Waals surface area contributed by atoms with E-state index in [0.29, 0.717) is 0 Å². The molecular weight excluding hydrogens is 279 g/mol. The van der Waals surface area contributed by atoms with Gasteiger partial charge in [0.2, 0.25) is 0 Å². The predicted octanol–water partition coefficient (Wildman–Crippen LogP) is 1.58. The maximum absolute atomic E-state index is 4.21. The van der Waals surface area contributed by atoms with Gasteiger partial charge in [0.15, 0.2) is 5.82 Å². The van der Waals surface area contributed by atoms with Gasteiger partial charge in [-0.25, -0.2) is 14.6 Å². The Morgan fingerprint density at radius 1 is 1.31 bits per heavy atom. The van der Waals surface area contributed by atoms with E-state index in [1.807, 2.05) is 19.1 Å². The second-order valence-electron chi connectivity index (χ2n) is 2.57. The first kappa shape index (κ1) is 8.61. The van der Waals surface area contributed by atoms with Gasteiger partial charge in [0.25, 0.3) is 0 Å². The van der Waals surface area contributed by atoms with Gasteiger partial charge in [-0.15, -0.1) is 0 Å². The molecule has 2 rings (SSSR count). The van der Waals surface area contributed by atoms with Crippen LogP contribution < -0.4 is 0 Å². The summed E-state index contributed by atoms with van der Waals surface area (Å²) >= 11 is 2.21. The summed E-state index contributed by atoms with van der Waals surface area (Å²) in [6.45, 7) is 1.85. The highest BCUT2D eigenvalue weighted by atomic mass is 127. The second-order valence-corrected chi connectivity index (χ2v) is 3.82. The highest BCUT2D eigenvalue weighted by Crippen LogP contribution is 2.06. The standard InChI is InChI=1S/C8H7IN4/c1-6-11-5-13(12-6)8-3-2-7(9)4-10-8/h2-5H,1H3. The monoisotopic (exact) mass is 286 g/mol. The van der Waals surface area contributed by atoms with Crippen LogP contribution in [-0.4, -0.2) is 19.7 Å². The summed E-state index contributed by atoms with van der Waals surface area (Å²) in [7, 11) is 0. The molecule has 0 aromatic carbocycles. The number of rotatable bonds is 1. The van der Waals surface area contributed by atoms with Crippen molar-refractivity contribution in [2.45, 2.75) is 6.92 Å². The van der Waals surface area contributed by atoms with E-state index < -0.39 is 0 Å². The van der Waals surface area contributed by atoms with Gasteiger partial charge in [-0.3, -0.25) is 0 Å². The van der Waals surface area contributed by atoms with Gasteiger partial charge >= 0.3 is 0 Å². The zero-order chi connectivity index (χ0) is 9.26. The Labute approximate surface area is 89.2 Å². The first-order chi connectivity index (χ1) is 6.25. The third kappa shape index (κ3) is 1.85. The Kier molecular flexibility index (Phi) is 2.26. The fourth-order valence-electron chi connectivity index (χ4n) is 0.960. The minimum Gasteiger partial charge on any atom is -0.236 e. The van der Waals surface area contributed by atoms with Crippen molar-refractivity contribution in [2.24, 2.45) is 0 Å². The quantitative estimate of drug-likeness (QED) is 0.747. The minimum atomic E-state index is 0.750. The van der Waals surface area contributed by atoms with E-state index in [0.717, 1.165) is 15.2 Å². The van der Waals surface area contributed by atoms with Crippen molar-refractivity contribution in [1.82, 2.24) is 19.7 Å². The van der Waals surface area contributed by atoms with Gasteiger partial charge < -0.3 is 0 Å². The Morgan fingerprint density at radius 2 is 2.15 bits per heavy atom. The molecule has 5 heteroatoms. The minimum absolute atomic E-state index is 0.750. The van der Waals surface area contributed by atoms with E-state index >= 15 is 0 Å². The summed E-state index contributed by atoms with van der Waals surface area (Å²) < 4.78 is 2.77. The smallest absolute Gasteiger partial charge is 0.155 e. The van der Waals surface area contributed by atoms with Crippen molar-refractivity contribution in [3.63, 3.8) is 0 Å². The summed E-state index contributed by atoms with van der Waals surface area (Å²) in [5.41, 5.74) is 0. The number of aryl methyl sites for hydroxylation is 1. The summed E-state index contributed by atoms with van der Waals surface area (Å²) in [4.78, 5) is 8.24. The first-order valence-corrected chi connectivity index (χ1v) is 4.84. The molecule has 0 spiro atoms. The van der Waals surface area contributed by atoms with Crippen molar-refractivity contribution >= 4 is 22.6 Å². The maximum atomic E-state index is 4.21. The lowest BCUT2D eigenvalue weighted by atomic mass is 10.5. The van der Waals surface area contributed by atoms with Crippen molar-refractivity contribution in [2.75, 3.05) is 0 Å². The fourth-order valence-corrected chi connectivity index (χ4v) is 1.28. The van der Waals surface area contributed by atoms with Crippen LogP contribution in [0.3, 0.4) is 0 Å². The summed E-state index contributed by atoms with van der Waals surface area (Å²) in [5.74, 6) is 1.54. The number of aromatic nitrogens is 4. The molecule has 0 amide bonds. The number of hydrogen-bond acceptors (Lipinski definition) is 3. The molecule has 2 aromatic rings. The van der Waals surface area contributed by atoms with Crippen LogP contribution in [0.2, 0.25) is 0 Å². The molecule has 4 nitrogen and oxygen atoms in total. The lowest BCUT2D eigenvalue weighted by Crippen LogP contribution is -1.97. The summed E-state index contributed by atoms with van der Waals surface area (Å²) in [5, 5.41) is 4.15. The predicted molar refractivity (Wildman–Crippen MR) is 56.6 cm³/mol. The molecule has 13 heavy (non-hydrogen) atoms. The Morgan fingerprint density at radius 3 is 2.69 bits per heavy atom. The second kappa shape index (κ2) is 3.41. The first-order valence-electron chi connectivity index (χ1n) is 3.76. The molecule has 0 aliphatic rings. The van der Waals surface area contributed by atoms with E-state index in [-0.39, 0.29) is 0 Å². The zero-order valence-electron chi connectivity index (χ0n) is 6.98. The molecule has 0 bridgehead atoms. The van der Waals surface area contributed by atoms with Gasteiger partial charge in [-0.2, -0.15) is 5.10 Å². The Balaban J connectivity index is 2.41. The van der Waals surface area contributed by atoms with Crippen LogP contribution in [-0.2, 0) is 0 Å². The maximum Gasteiger partial charge on any atom is 0.155 e. The van der Waals surface area contributed by atoms with E-state index in [9.17, 15) is 0 Å². The van der Waals surface area contributed by atoms with E-state index in [1.54, 1.807) is 17.2 Å². The third-order valence-electron chi connectivity index (χ3n) is 1.55. The van der Waals surface area contributed by atoms with Crippen molar-refractivity contribution in [3.8, 4) is 5.82 Å². The number of nitrogens with zero attached hydrogens (tertiary/aromatic N) is 4. The van der Waals surface area contributed by atoms with Gasteiger partial charge in [-0.05, 0) is 41.6 Å². The zero-order valence-corrected chi connectivity index (χ0v) is 9.13. The summed E-state index contributed by atoms with van der Waals surface area (Å²) in [6, 6.07) is 3.90. The molecule has 2 aromatic heterocycles. The molecule has 2 heterocycles. The lowest BCUT2D eigenvalue weighted by molar-refractivity contribution is 0.831. The molecule has 66 valence electrons. The normalized spacial score (nSPS) is 10.3. The van der Waals surface area contributed by atoms with Crippen LogP contribution in [0.25, 0.3) is 5.82 Å². The molecule has 0 aliphatic heterocycles. The largest absolute Gasteiger partial charge is 0.236 e. The average Bonchev–Trinajstić information content (AvgIpc) is 2.53. The summed E-state index contributed by atoms with van der Waals surface area (Å²) in [6.07, 6.45) is 3.46. The lowest BCUT2D eigenvalue weighted by Gasteiger charge is -1.97. The van der Waals surface area contributed by atoms with Gasteiger partial charge in [0.05, 0.1) is 0 Å². The molecule has 0 aliphatic carbocycles. The topological polar surface area (TPSA) is 43.6 Å². The van der Waals surface area contributed by atoms with Gasteiger partial charge in [0.1, 0.15) is 12.2 Å². The molecule has 0 unspecified atom stereocenters. The fraction of sp³-hybridized carbons (Fsp3) is 0.125. The average molecular weight is 286 g/mol. The van der Waals surface area contributed by atoms with Crippen LogP contribution in [0.15, 0.2) is 24.7 Å². The van der Waals surface area contributed by atoms with Crippen LogP contribution in [0, 0.1) is 10.5 Å². The number of halogens is 1. The van der Waals surface area contributed by atoms with Crippen molar-refractivity contribution in [1.29, 1.82) is 0 Å². The van der Waals surface area contributed by atoms with E-state index in [1.165, 1.54) is 0 Å². The Bertz CT molecular complexity index is 406. The van der Waals surface area contributed by atoms with Crippen molar-refractivity contribution < 1.29 is 0 Å². The number of pyridine rings is 1.